The van der Waals surface area contributed by atoms with E-state index in [4.69, 9.17) is 15.4 Å². The van der Waals surface area contributed by atoms with Gasteiger partial charge in [-0.3, -0.25) is 4.79 Å². The molecule has 0 bridgehead atoms. The van der Waals surface area contributed by atoms with Crippen LogP contribution in [0, 0.1) is 11.1 Å². The second-order valence-corrected chi connectivity index (χ2v) is 7.46. The van der Waals surface area contributed by atoms with Crippen LogP contribution in [0.1, 0.15) is 63.9 Å². The van der Waals surface area contributed by atoms with Gasteiger partial charge in [0.2, 0.25) is 0 Å². The van der Waals surface area contributed by atoms with Crippen LogP contribution in [0.4, 0.5) is 4.79 Å². The molecule has 1 fully saturated rings. The summed E-state index contributed by atoms with van der Waals surface area (Å²) in [6, 6.07) is 9.17. The molecule has 1 heterocycles. The summed E-state index contributed by atoms with van der Waals surface area (Å²) in [4.78, 5) is 30.8. The molecule has 0 unspecified atom stereocenters. The summed E-state index contributed by atoms with van der Waals surface area (Å²) < 4.78 is 5.41. The monoisotopic (exact) mass is 419 g/mol. The number of rotatable bonds is 7. The molecule has 1 aliphatic carbocycles. The first-order valence-electron chi connectivity index (χ1n) is 10.4. The van der Waals surface area contributed by atoms with Gasteiger partial charge in [-0.1, -0.05) is 62.9 Å². The zero-order valence-corrected chi connectivity index (χ0v) is 17.2. The van der Waals surface area contributed by atoms with Gasteiger partial charge < -0.3 is 14.8 Å². The minimum atomic E-state index is -0.837. The Bertz CT molecular complexity index is 766. The quantitative estimate of drug-likeness (QED) is 0.407. The largest absolute Gasteiger partial charge is 0.690 e. The Balaban J connectivity index is 1.80. The van der Waals surface area contributed by atoms with E-state index in [2.05, 4.69) is 0 Å². The van der Waals surface area contributed by atoms with E-state index in [1.165, 1.54) is 0 Å². The Morgan fingerprint density at radius 2 is 1.90 bits per heavy atom. The van der Waals surface area contributed by atoms with Crippen molar-refractivity contribution in [3.8, 4) is 0 Å². The number of nitrogens with two attached hydrogens (primary N) is 1. The summed E-state index contributed by atoms with van der Waals surface area (Å²) in [5.74, 6) is 5.19. The van der Waals surface area contributed by atoms with Gasteiger partial charge >= 0.3 is 17.9 Å². The second-order valence-electron chi connectivity index (χ2n) is 7.46. The molecule has 1 amide bonds. The van der Waals surface area contributed by atoms with Crippen LogP contribution in [0.3, 0.4) is 0 Å². The van der Waals surface area contributed by atoms with Crippen LogP contribution in [0.25, 0.3) is 0 Å². The molecule has 164 valence electrons. The summed E-state index contributed by atoms with van der Waals surface area (Å²) in [7, 11) is 0. The highest BCUT2D eigenvalue weighted by Crippen LogP contribution is 2.30. The minimum absolute atomic E-state index is 0.00910. The molecule has 2 aliphatic rings. The smallest absolute Gasteiger partial charge is 0.531 e. The molecule has 10 heteroatoms. The topological polar surface area (TPSA) is 114 Å². The maximum atomic E-state index is 13.0. The minimum Gasteiger partial charge on any atom is -0.690 e. The Kier molecular flexibility index (Phi) is 7.47. The van der Waals surface area contributed by atoms with E-state index in [9.17, 15) is 14.8 Å². The summed E-state index contributed by atoms with van der Waals surface area (Å²) in [5.41, 5.74) is 0.791. The number of amidine groups is 1. The van der Waals surface area contributed by atoms with Crippen molar-refractivity contribution < 1.29 is 24.0 Å². The van der Waals surface area contributed by atoms with Gasteiger partial charge in [0.1, 0.15) is 6.61 Å². The molecule has 1 aromatic carbocycles. The number of ether oxygens (including phenoxy) is 1. The van der Waals surface area contributed by atoms with Gasteiger partial charge in [0.15, 0.2) is 5.28 Å². The molecule has 0 spiro atoms. The van der Waals surface area contributed by atoms with Crippen molar-refractivity contribution in [3.05, 3.63) is 41.1 Å². The van der Waals surface area contributed by atoms with E-state index in [1.54, 1.807) is 0 Å². The van der Waals surface area contributed by atoms with Gasteiger partial charge in [0.25, 0.3) is 0 Å². The fourth-order valence-electron chi connectivity index (χ4n) is 3.61. The lowest BCUT2D eigenvalue weighted by molar-refractivity contribution is -0.699. The number of hydrazone groups is 1. The number of hydrazine groups is 4. The van der Waals surface area contributed by atoms with Crippen molar-refractivity contribution in [2.24, 2.45) is 11.8 Å². The first kappa shape index (κ1) is 21.8. The average Bonchev–Trinajstić information content (AvgIpc) is 3.02. The molecule has 0 saturated heterocycles. The van der Waals surface area contributed by atoms with Crippen LogP contribution in [-0.2, 0) is 21.0 Å². The van der Waals surface area contributed by atoms with Gasteiger partial charge in [-0.25, -0.2) is 0 Å². The highest BCUT2D eigenvalue weighted by Gasteiger charge is 2.53. The molecule has 1 aliphatic heterocycles. The van der Waals surface area contributed by atoms with E-state index in [0.29, 0.717) is 21.8 Å². The van der Waals surface area contributed by atoms with Crippen LogP contribution in [0.15, 0.2) is 30.3 Å². The van der Waals surface area contributed by atoms with E-state index in [0.717, 1.165) is 49.1 Å². The Morgan fingerprint density at radius 1 is 1.20 bits per heavy atom. The van der Waals surface area contributed by atoms with E-state index in [-0.39, 0.29) is 24.8 Å². The number of benzene rings is 1. The molecule has 0 atom stereocenters. The van der Waals surface area contributed by atoms with Crippen molar-refractivity contribution in [1.82, 2.24) is 15.5 Å². The number of hydrogen-bond donors (Lipinski definition) is 1. The molecule has 3 rings (SSSR count). The Morgan fingerprint density at radius 3 is 2.57 bits per heavy atom. The van der Waals surface area contributed by atoms with Gasteiger partial charge in [-0.2, -0.15) is 10.6 Å². The van der Waals surface area contributed by atoms with Gasteiger partial charge in [0, 0.05) is 6.42 Å². The Hall–Kier alpha value is -2.85. The van der Waals surface area contributed by atoms with Gasteiger partial charge in [-0.15, -0.1) is 4.85 Å². The third kappa shape index (κ3) is 5.00. The van der Waals surface area contributed by atoms with Crippen LogP contribution >= 0.6 is 0 Å². The standard InChI is InChI=1S/C20H29N5O5/c1-2-3-14-18(26)30-25-22(20(27)29-15-16-10-6-4-7-11-16)19(23(28)24(25)21)17-12-8-5-9-13-17/h4,6-7,10-11,17H,2-3,5,8-9,12-15,21H2,1H3. The predicted molar refractivity (Wildman–Crippen MR) is 107 cm³/mol. The highest BCUT2D eigenvalue weighted by molar-refractivity contribution is 5.94. The first-order valence-corrected chi connectivity index (χ1v) is 10.4. The fourth-order valence-corrected chi connectivity index (χ4v) is 3.61. The number of nitrogens with zero attached hydrogens (tertiary/aromatic N) is 4. The van der Waals surface area contributed by atoms with E-state index < -0.39 is 12.1 Å². The predicted octanol–water partition coefficient (Wildman–Crippen LogP) is 3.00. The zero-order valence-electron chi connectivity index (χ0n) is 17.2. The van der Waals surface area contributed by atoms with Gasteiger partial charge in [0.05, 0.1) is 5.92 Å². The third-order valence-electron chi connectivity index (χ3n) is 5.21. The molecule has 0 radical (unpaired) electrons. The van der Waals surface area contributed by atoms with E-state index >= 15 is 0 Å². The van der Waals surface area contributed by atoms with Crippen LogP contribution in [0.2, 0.25) is 0 Å². The van der Waals surface area contributed by atoms with Crippen molar-refractivity contribution in [2.45, 2.75) is 64.9 Å². The number of carbonyl (C=O) groups is 2. The molecule has 1 saturated carbocycles. The highest BCUT2D eigenvalue weighted by atomic mass is 16.8. The lowest BCUT2D eigenvalue weighted by Crippen LogP contribution is -2.55. The zero-order chi connectivity index (χ0) is 21.5. The van der Waals surface area contributed by atoms with Crippen LogP contribution in [-0.4, -0.2) is 38.3 Å². The molecule has 30 heavy (non-hydrogen) atoms. The Labute approximate surface area is 175 Å². The lowest BCUT2D eigenvalue weighted by atomic mass is 9.88. The van der Waals surface area contributed by atoms with Crippen LogP contribution < -0.4 is 5.84 Å². The molecule has 2 N–H and O–H groups in total. The number of amides is 1. The molecular weight excluding hydrogens is 390 g/mol. The molecule has 1 aromatic rings. The summed E-state index contributed by atoms with van der Waals surface area (Å²) >= 11 is 0. The molecular formula is C20H29N5O5. The maximum Gasteiger partial charge on any atom is 0.531 e. The van der Waals surface area contributed by atoms with Gasteiger partial charge in [-0.05, 0) is 35.1 Å². The fraction of sp³-hybridized carbons (Fsp3) is 0.550. The second kappa shape index (κ2) is 10.3. The maximum absolute atomic E-state index is 13.0. The van der Waals surface area contributed by atoms with Crippen molar-refractivity contribution in [1.29, 1.82) is 0 Å². The normalized spacial score (nSPS) is 18.1. The molecule has 0 aromatic heterocycles. The van der Waals surface area contributed by atoms with Crippen molar-refractivity contribution in [3.63, 3.8) is 0 Å². The summed E-state index contributed by atoms with van der Waals surface area (Å²) in [6.45, 7) is 1.95. The third-order valence-corrected chi connectivity index (χ3v) is 5.21. The summed E-state index contributed by atoms with van der Waals surface area (Å²) in [6.07, 6.45) is 5.16. The number of hydrogen-bond acceptors (Lipinski definition) is 8. The average molecular weight is 419 g/mol. The first-order chi connectivity index (χ1) is 14.5. The van der Waals surface area contributed by atoms with Crippen LogP contribution in [0.5, 0.6) is 0 Å². The number of unbranched alkanes of at least 4 members (excludes halogenated alkanes) is 1. The van der Waals surface area contributed by atoms with Crippen molar-refractivity contribution >= 4 is 17.9 Å². The SMILES string of the molecule is CCCCC(=O)ON1N(C(=O)OCc2ccccc2)C(C2CCCCC2)=[N+]([O-])N1N. The molecule has 10 nitrogen and oxygen atoms in total. The summed E-state index contributed by atoms with van der Waals surface area (Å²) in [5, 5.41) is 15.0. The van der Waals surface area contributed by atoms with Crippen molar-refractivity contribution in [2.75, 3.05) is 0 Å². The number of carbonyl (C=O) groups excluding carboxylic acids is 2. The lowest BCUT2D eigenvalue weighted by Gasteiger charge is -2.23. The van der Waals surface area contributed by atoms with E-state index in [1.807, 2.05) is 37.3 Å².